The standard InChI is InChI=1S/C21H18N4O4/c1-24-19-15(6-4-12-23-19)20(27)25(21(24)28)16-9-7-13(8-10-17(26)29-2)14-5-3-11-22-18(14)16/h3-7,9,11-12H,8,10H2,1-2H3. The van der Waals surface area contributed by atoms with Crippen molar-refractivity contribution in [3.63, 3.8) is 0 Å². The van der Waals surface area contributed by atoms with Crippen molar-refractivity contribution in [1.82, 2.24) is 19.1 Å². The van der Waals surface area contributed by atoms with E-state index in [0.29, 0.717) is 28.7 Å². The molecule has 3 aromatic heterocycles. The molecule has 4 rings (SSSR count). The maximum Gasteiger partial charge on any atom is 0.337 e. The lowest BCUT2D eigenvalue weighted by Crippen LogP contribution is -2.38. The summed E-state index contributed by atoms with van der Waals surface area (Å²) in [5.74, 6) is -0.307. The fourth-order valence-corrected chi connectivity index (χ4v) is 3.45. The number of methoxy groups -OCH3 is 1. The maximum atomic E-state index is 13.1. The summed E-state index contributed by atoms with van der Waals surface area (Å²) < 4.78 is 7.17. The molecule has 0 saturated carbocycles. The Morgan fingerprint density at radius 3 is 2.52 bits per heavy atom. The van der Waals surface area contributed by atoms with Gasteiger partial charge in [-0.3, -0.25) is 19.1 Å². The summed E-state index contributed by atoms with van der Waals surface area (Å²) in [5.41, 5.74) is 1.15. The van der Waals surface area contributed by atoms with Crippen LogP contribution in [-0.2, 0) is 23.0 Å². The first kappa shape index (κ1) is 18.5. The number of aryl methyl sites for hydroxylation is 2. The molecule has 0 atom stereocenters. The summed E-state index contributed by atoms with van der Waals surface area (Å²) in [6.07, 6.45) is 3.83. The number of carbonyl (C=O) groups is 1. The van der Waals surface area contributed by atoms with Gasteiger partial charge >= 0.3 is 11.7 Å². The smallest absolute Gasteiger partial charge is 0.337 e. The van der Waals surface area contributed by atoms with E-state index in [1.165, 1.54) is 11.7 Å². The molecule has 0 aliphatic rings. The predicted octanol–water partition coefficient (Wildman–Crippen LogP) is 1.74. The predicted molar refractivity (Wildman–Crippen MR) is 108 cm³/mol. The molecule has 0 unspecified atom stereocenters. The van der Waals surface area contributed by atoms with E-state index in [9.17, 15) is 14.4 Å². The largest absolute Gasteiger partial charge is 0.469 e. The van der Waals surface area contributed by atoms with E-state index >= 15 is 0 Å². The summed E-state index contributed by atoms with van der Waals surface area (Å²) in [6.45, 7) is 0. The molecule has 146 valence electrons. The molecular formula is C21H18N4O4. The Morgan fingerprint density at radius 2 is 1.76 bits per heavy atom. The SMILES string of the molecule is COC(=O)CCc1ccc(-n2c(=O)c3cccnc3n(C)c2=O)c2ncccc12. The highest BCUT2D eigenvalue weighted by molar-refractivity contribution is 5.90. The van der Waals surface area contributed by atoms with Crippen LogP contribution >= 0.6 is 0 Å². The molecule has 8 heteroatoms. The van der Waals surface area contributed by atoms with Crippen molar-refractivity contribution in [2.24, 2.45) is 7.05 Å². The number of aromatic nitrogens is 4. The van der Waals surface area contributed by atoms with Gasteiger partial charge in [0, 0.05) is 31.2 Å². The van der Waals surface area contributed by atoms with E-state index in [4.69, 9.17) is 4.74 Å². The van der Waals surface area contributed by atoms with Crippen LogP contribution in [0.25, 0.3) is 27.6 Å². The molecule has 4 aromatic rings. The molecule has 29 heavy (non-hydrogen) atoms. The topological polar surface area (TPSA) is 96.1 Å². The van der Waals surface area contributed by atoms with Crippen molar-refractivity contribution in [2.75, 3.05) is 7.11 Å². The molecule has 0 radical (unpaired) electrons. The first-order valence-corrected chi connectivity index (χ1v) is 9.03. The molecule has 1 aromatic carbocycles. The van der Waals surface area contributed by atoms with Crippen molar-refractivity contribution in [3.8, 4) is 5.69 Å². The highest BCUT2D eigenvalue weighted by Gasteiger charge is 2.17. The Labute approximate surface area is 165 Å². The second kappa shape index (κ2) is 7.31. The molecule has 0 amide bonds. The van der Waals surface area contributed by atoms with Gasteiger partial charge in [0.1, 0.15) is 5.65 Å². The van der Waals surface area contributed by atoms with Crippen molar-refractivity contribution in [3.05, 3.63) is 75.2 Å². The molecule has 8 nitrogen and oxygen atoms in total. The quantitative estimate of drug-likeness (QED) is 0.493. The van der Waals surface area contributed by atoms with E-state index in [0.717, 1.165) is 15.5 Å². The molecule has 0 saturated heterocycles. The fourth-order valence-electron chi connectivity index (χ4n) is 3.45. The zero-order chi connectivity index (χ0) is 20.5. The van der Waals surface area contributed by atoms with E-state index in [1.807, 2.05) is 12.1 Å². The van der Waals surface area contributed by atoms with E-state index < -0.39 is 11.2 Å². The molecule has 0 bridgehead atoms. The first-order valence-electron chi connectivity index (χ1n) is 9.03. The Hall–Kier alpha value is -3.81. The van der Waals surface area contributed by atoms with Crippen LogP contribution in [0.4, 0.5) is 0 Å². The molecule has 3 heterocycles. The molecule has 0 fully saturated rings. The van der Waals surface area contributed by atoms with Crippen molar-refractivity contribution in [1.29, 1.82) is 0 Å². The third-order valence-electron chi connectivity index (χ3n) is 4.92. The van der Waals surface area contributed by atoms with Crippen LogP contribution in [0.3, 0.4) is 0 Å². The van der Waals surface area contributed by atoms with Crippen molar-refractivity contribution >= 4 is 27.9 Å². The number of rotatable bonds is 4. The monoisotopic (exact) mass is 390 g/mol. The van der Waals surface area contributed by atoms with Gasteiger partial charge in [0.05, 0.1) is 23.7 Å². The molecule has 0 aliphatic heterocycles. The van der Waals surface area contributed by atoms with Crippen LogP contribution in [0.2, 0.25) is 0 Å². The fraction of sp³-hybridized carbons (Fsp3) is 0.190. The second-order valence-electron chi connectivity index (χ2n) is 6.58. The molecule has 0 aliphatic carbocycles. The number of fused-ring (bicyclic) bond motifs is 2. The molecule has 0 N–H and O–H groups in total. The lowest BCUT2D eigenvalue weighted by atomic mass is 10.0. The minimum atomic E-state index is -0.504. The van der Waals surface area contributed by atoms with Gasteiger partial charge in [0.2, 0.25) is 0 Å². The van der Waals surface area contributed by atoms with Crippen molar-refractivity contribution < 1.29 is 9.53 Å². The molecular weight excluding hydrogens is 372 g/mol. The van der Waals surface area contributed by atoms with Crippen molar-refractivity contribution in [2.45, 2.75) is 12.8 Å². The number of carbonyl (C=O) groups excluding carboxylic acids is 1. The molecule has 0 spiro atoms. The van der Waals surface area contributed by atoms with Crippen LogP contribution < -0.4 is 11.2 Å². The summed E-state index contributed by atoms with van der Waals surface area (Å²) in [5, 5.41) is 1.11. The van der Waals surface area contributed by atoms with Crippen LogP contribution in [-0.4, -0.2) is 32.2 Å². The minimum Gasteiger partial charge on any atom is -0.469 e. The zero-order valence-corrected chi connectivity index (χ0v) is 16.0. The van der Waals surface area contributed by atoms with Crippen LogP contribution in [0.1, 0.15) is 12.0 Å². The maximum absolute atomic E-state index is 13.1. The lowest BCUT2D eigenvalue weighted by Gasteiger charge is -2.13. The van der Waals surface area contributed by atoms with Gasteiger partial charge in [-0.1, -0.05) is 12.1 Å². The van der Waals surface area contributed by atoms with Gasteiger partial charge in [-0.2, -0.15) is 0 Å². The minimum absolute atomic E-state index is 0.225. The van der Waals surface area contributed by atoms with E-state index in [2.05, 4.69) is 9.97 Å². The number of hydrogen-bond acceptors (Lipinski definition) is 6. The van der Waals surface area contributed by atoms with Crippen LogP contribution in [0.15, 0.2) is 58.4 Å². The normalized spacial score (nSPS) is 11.1. The van der Waals surface area contributed by atoms with Crippen LogP contribution in [0.5, 0.6) is 0 Å². The Kier molecular flexibility index (Phi) is 4.67. The number of hydrogen-bond donors (Lipinski definition) is 0. The Morgan fingerprint density at radius 1 is 1.03 bits per heavy atom. The number of pyridine rings is 2. The summed E-state index contributed by atoms with van der Waals surface area (Å²) in [6, 6.07) is 10.4. The average molecular weight is 390 g/mol. The highest BCUT2D eigenvalue weighted by Crippen LogP contribution is 2.24. The van der Waals surface area contributed by atoms with Gasteiger partial charge in [-0.15, -0.1) is 0 Å². The first-order chi connectivity index (χ1) is 14.0. The van der Waals surface area contributed by atoms with Gasteiger partial charge in [0.15, 0.2) is 0 Å². The second-order valence-corrected chi connectivity index (χ2v) is 6.58. The summed E-state index contributed by atoms with van der Waals surface area (Å²) in [4.78, 5) is 46.2. The lowest BCUT2D eigenvalue weighted by molar-refractivity contribution is -0.140. The zero-order valence-electron chi connectivity index (χ0n) is 16.0. The number of ether oxygens (including phenoxy) is 1. The Bertz CT molecular complexity index is 1370. The van der Waals surface area contributed by atoms with E-state index in [-0.39, 0.29) is 12.4 Å². The third-order valence-corrected chi connectivity index (χ3v) is 4.92. The van der Waals surface area contributed by atoms with Gasteiger partial charge in [0.25, 0.3) is 5.56 Å². The van der Waals surface area contributed by atoms with E-state index in [1.54, 1.807) is 43.7 Å². The average Bonchev–Trinajstić information content (AvgIpc) is 2.76. The number of nitrogens with zero attached hydrogens (tertiary/aromatic N) is 4. The number of esters is 1. The van der Waals surface area contributed by atoms with Gasteiger partial charge < -0.3 is 4.74 Å². The summed E-state index contributed by atoms with van der Waals surface area (Å²) >= 11 is 0. The van der Waals surface area contributed by atoms with Crippen LogP contribution in [0, 0.1) is 0 Å². The van der Waals surface area contributed by atoms with Gasteiger partial charge in [-0.05, 0) is 36.2 Å². The van der Waals surface area contributed by atoms with Gasteiger partial charge in [-0.25, -0.2) is 14.3 Å². The highest BCUT2D eigenvalue weighted by atomic mass is 16.5. The number of benzene rings is 1. The summed E-state index contributed by atoms with van der Waals surface area (Å²) in [7, 11) is 2.93. The third kappa shape index (κ3) is 3.08. The Balaban J connectivity index is 1.98.